The zero-order chi connectivity index (χ0) is 18.0. The van der Waals surface area contributed by atoms with Crippen molar-refractivity contribution in [1.29, 1.82) is 5.41 Å². The van der Waals surface area contributed by atoms with Gasteiger partial charge in [0, 0.05) is 24.0 Å². The van der Waals surface area contributed by atoms with Crippen LogP contribution in [0.5, 0.6) is 0 Å². The van der Waals surface area contributed by atoms with Crippen molar-refractivity contribution in [3.8, 4) is 0 Å². The van der Waals surface area contributed by atoms with Gasteiger partial charge in [-0.05, 0) is 36.8 Å². The summed E-state index contributed by atoms with van der Waals surface area (Å²) in [6.07, 6.45) is 5.05. The lowest BCUT2D eigenvalue weighted by molar-refractivity contribution is 0.663. The Bertz CT molecular complexity index is 914. The van der Waals surface area contributed by atoms with Gasteiger partial charge in [0.15, 0.2) is 0 Å². The third kappa shape index (κ3) is 3.76. The van der Waals surface area contributed by atoms with E-state index in [-0.39, 0.29) is 17.0 Å². The molecule has 0 saturated carbocycles. The van der Waals surface area contributed by atoms with Crippen LogP contribution < -0.4 is 11.1 Å². The van der Waals surface area contributed by atoms with E-state index in [0.717, 1.165) is 48.1 Å². The summed E-state index contributed by atoms with van der Waals surface area (Å²) in [6, 6.07) is 1.51. The lowest BCUT2D eigenvalue weighted by Crippen LogP contribution is -2.21. The highest BCUT2D eigenvalue weighted by atomic mass is 32.2. The number of hydrogen-bond acceptors (Lipinski definition) is 5. The van der Waals surface area contributed by atoms with Gasteiger partial charge in [0.25, 0.3) is 11.1 Å². The van der Waals surface area contributed by atoms with E-state index in [2.05, 4.69) is 15.0 Å². The van der Waals surface area contributed by atoms with E-state index in [1.807, 2.05) is 13.8 Å². The van der Waals surface area contributed by atoms with E-state index in [0.29, 0.717) is 22.8 Å². The maximum absolute atomic E-state index is 12.3. The summed E-state index contributed by atoms with van der Waals surface area (Å²) in [6.45, 7) is 3.97. The van der Waals surface area contributed by atoms with Crippen LogP contribution in [0.4, 0.5) is 0 Å². The number of nitrogens with one attached hydrogen (secondary N) is 3. The van der Waals surface area contributed by atoms with Crippen molar-refractivity contribution in [3.63, 3.8) is 0 Å². The fourth-order valence-electron chi connectivity index (χ4n) is 3.13. The van der Waals surface area contributed by atoms with Gasteiger partial charge in [-0.15, -0.1) is 11.8 Å². The number of nitrogens with zero attached hydrogens (tertiary/aromatic N) is 1. The molecular formula is C18H22N4O2S. The summed E-state index contributed by atoms with van der Waals surface area (Å²) >= 11 is 1.50. The second-order valence-electron chi connectivity index (χ2n) is 6.57. The van der Waals surface area contributed by atoms with E-state index in [9.17, 15) is 9.59 Å². The molecule has 0 amide bonds. The molecular weight excluding hydrogens is 336 g/mol. The van der Waals surface area contributed by atoms with Crippen molar-refractivity contribution in [2.45, 2.75) is 56.2 Å². The zero-order valence-corrected chi connectivity index (χ0v) is 15.3. The Morgan fingerprint density at radius 3 is 2.64 bits per heavy atom. The molecule has 6 nitrogen and oxygen atoms in total. The molecule has 0 spiro atoms. The first-order chi connectivity index (χ1) is 12.0. The predicted molar refractivity (Wildman–Crippen MR) is 100 cm³/mol. The Morgan fingerprint density at radius 2 is 1.96 bits per heavy atom. The van der Waals surface area contributed by atoms with E-state index in [1.165, 1.54) is 17.8 Å². The van der Waals surface area contributed by atoms with Crippen molar-refractivity contribution < 1.29 is 0 Å². The number of fused-ring (bicyclic) bond motifs is 1. The average Bonchev–Trinajstić information content (AvgIpc) is 2.59. The van der Waals surface area contributed by atoms with Crippen LogP contribution in [0.3, 0.4) is 0 Å². The first kappa shape index (κ1) is 17.7. The smallest absolute Gasteiger partial charge is 0.257 e. The predicted octanol–water partition coefficient (Wildman–Crippen LogP) is 2.75. The molecule has 7 heteroatoms. The average molecular weight is 358 g/mol. The number of H-pyrrole nitrogens is 2. The summed E-state index contributed by atoms with van der Waals surface area (Å²) in [7, 11) is 0. The van der Waals surface area contributed by atoms with Crippen LogP contribution in [-0.4, -0.2) is 21.2 Å². The number of rotatable bonds is 5. The maximum Gasteiger partial charge on any atom is 0.257 e. The highest BCUT2D eigenvalue weighted by Gasteiger charge is 2.20. The number of aromatic nitrogens is 3. The molecule has 0 aliphatic heterocycles. The van der Waals surface area contributed by atoms with Crippen molar-refractivity contribution >= 4 is 18.0 Å². The fourth-order valence-corrected chi connectivity index (χ4v) is 4.14. The summed E-state index contributed by atoms with van der Waals surface area (Å²) < 4.78 is 0. The summed E-state index contributed by atoms with van der Waals surface area (Å²) in [5.74, 6) is 1.35. The molecule has 2 aromatic heterocycles. The van der Waals surface area contributed by atoms with Crippen LogP contribution in [0.15, 0.2) is 20.7 Å². The first-order valence-corrected chi connectivity index (χ1v) is 9.49. The molecule has 0 aromatic carbocycles. The molecule has 2 heterocycles. The van der Waals surface area contributed by atoms with Crippen LogP contribution in [0, 0.1) is 5.41 Å². The fraction of sp³-hybridized carbons (Fsp3) is 0.444. The minimum Gasteiger partial charge on any atom is -0.316 e. The standard InChI is InChI=1S/C18H22N4O2S/c1-10(2)16-20-11(7-15(23)21-16)9-25-18-13-6-4-3-5-12(13)14(8-19)17(24)22-18/h7-8,10,19H,3-6,9H2,1-2H3,(H,22,24)(H,20,21,23). The Kier molecular flexibility index (Phi) is 5.22. The molecule has 1 aliphatic carbocycles. The summed E-state index contributed by atoms with van der Waals surface area (Å²) in [4.78, 5) is 34.3. The van der Waals surface area contributed by atoms with Gasteiger partial charge in [0.2, 0.25) is 0 Å². The van der Waals surface area contributed by atoms with Gasteiger partial charge in [-0.1, -0.05) is 13.8 Å². The maximum atomic E-state index is 12.3. The topological polar surface area (TPSA) is 102 Å². The Morgan fingerprint density at radius 1 is 1.24 bits per heavy atom. The second kappa shape index (κ2) is 7.39. The van der Waals surface area contributed by atoms with E-state index < -0.39 is 0 Å². The Balaban J connectivity index is 1.92. The Labute approximate surface area is 150 Å². The van der Waals surface area contributed by atoms with Gasteiger partial charge in [-0.25, -0.2) is 4.98 Å². The SMILES string of the molecule is CC(C)c1nc(CSc2[nH]c(=O)c(C=N)c3c2CCCC3)cc(=O)[nH]1. The number of pyridine rings is 1. The number of aromatic amines is 2. The lowest BCUT2D eigenvalue weighted by Gasteiger charge is -2.20. The van der Waals surface area contributed by atoms with Gasteiger partial charge >= 0.3 is 0 Å². The summed E-state index contributed by atoms with van der Waals surface area (Å²) in [5.41, 5.74) is 2.98. The van der Waals surface area contributed by atoms with Crippen molar-refractivity contribution in [2.24, 2.45) is 0 Å². The van der Waals surface area contributed by atoms with E-state index in [4.69, 9.17) is 5.41 Å². The van der Waals surface area contributed by atoms with Gasteiger partial charge in [0.05, 0.1) is 16.3 Å². The molecule has 0 saturated heterocycles. The van der Waals surface area contributed by atoms with Crippen LogP contribution in [-0.2, 0) is 18.6 Å². The third-order valence-electron chi connectivity index (χ3n) is 4.41. The van der Waals surface area contributed by atoms with Crippen molar-refractivity contribution in [3.05, 3.63) is 55.0 Å². The van der Waals surface area contributed by atoms with Crippen molar-refractivity contribution in [1.82, 2.24) is 15.0 Å². The van der Waals surface area contributed by atoms with E-state index in [1.54, 1.807) is 0 Å². The number of thioether (sulfide) groups is 1. The molecule has 3 N–H and O–H groups in total. The van der Waals surface area contributed by atoms with Crippen LogP contribution in [0.25, 0.3) is 0 Å². The van der Waals surface area contributed by atoms with Gasteiger partial charge in [-0.3, -0.25) is 9.59 Å². The highest BCUT2D eigenvalue weighted by Crippen LogP contribution is 2.31. The van der Waals surface area contributed by atoms with Gasteiger partial charge in [-0.2, -0.15) is 0 Å². The molecule has 1 aliphatic rings. The molecule has 0 bridgehead atoms. The van der Waals surface area contributed by atoms with Crippen LogP contribution >= 0.6 is 11.8 Å². The lowest BCUT2D eigenvalue weighted by atomic mass is 9.90. The normalized spacial score (nSPS) is 13.7. The minimum absolute atomic E-state index is 0.149. The minimum atomic E-state index is -0.208. The first-order valence-electron chi connectivity index (χ1n) is 8.51. The molecule has 3 rings (SSSR count). The molecule has 0 fully saturated rings. The molecule has 0 unspecified atom stereocenters. The zero-order valence-electron chi connectivity index (χ0n) is 14.4. The summed E-state index contributed by atoms with van der Waals surface area (Å²) in [5, 5.41) is 8.36. The molecule has 132 valence electrons. The highest BCUT2D eigenvalue weighted by molar-refractivity contribution is 7.98. The number of hydrogen-bond donors (Lipinski definition) is 3. The molecule has 2 aromatic rings. The monoisotopic (exact) mass is 358 g/mol. The van der Waals surface area contributed by atoms with Crippen LogP contribution in [0.1, 0.15) is 60.8 Å². The van der Waals surface area contributed by atoms with Gasteiger partial charge < -0.3 is 15.4 Å². The molecule has 0 atom stereocenters. The molecule has 25 heavy (non-hydrogen) atoms. The van der Waals surface area contributed by atoms with E-state index >= 15 is 0 Å². The quantitative estimate of drug-likeness (QED) is 0.565. The van der Waals surface area contributed by atoms with Crippen LogP contribution in [0.2, 0.25) is 0 Å². The second-order valence-corrected chi connectivity index (χ2v) is 7.56. The van der Waals surface area contributed by atoms with Crippen molar-refractivity contribution in [2.75, 3.05) is 0 Å². The third-order valence-corrected chi connectivity index (χ3v) is 5.48. The van der Waals surface area contributed by atoms with Gasteiger partial charge in [0.1, 0.15) is 5.82 Å². The molecule has 0 radical (unpaired) electrons. The largest absolute Gasteiger partial charge is 0.316 e. The Hall–Kier alpha value is -2.15.